The van der Waals surface area contributed by atoms with Crippen LogP contribution in [0, 0.1) is 0 Å². The SMILES string of the molecule is CC[C@@H](C)N(C(=O)c1csnn1)[C@@H](C(=O)NC(C)(C)C)c1ccccc1. The second-order valence-electron chi connectivity index (χ2n) is 7.31. The summed E-state index contributed by atoms with van der Waals surface area (Å²) < 4.78 is 3.79. The van der Waals surface area contributed by atoms with Crippen molar-refractivity contribution in [3.05, 3.63) is 47.0 Å². The van der Waals surface area contributed by atoms with Crippen molar-refractivity contribution in [1.82, 2.24) is 19.8 Å². The normalized spacial score (nSPS) is 13.7. The molecule has 0 unspecified atom stereocenters. The first-order chi connectivity index (χ1) is 12.2. The Kier molecular flexibility index (Phi) is 6.47. The Morgan fingerprint density at radius 2 is 1.88 bits per heavy atom. The number of amides is 2. The van der Waals surface area contributed by atoms with E-state index in [2.05, 4.69) is 14.9 Å². The molecule has 26 heavy (non-hydrogen) atoms. The van der Waals surface area contributed by atoms with Gasteiger partial charge in [-0.25, -0.2) is 0 Å². The molecule has 2 amide bonds. The van der Waals surface area contributed by atoms with Crippen molar-refractivity contribution < 1.29 is 9.59 Å². The highest BCUT2D eigenvalue weighted by Crippen LogP contribution is 2.27. The smallest absolute Gasteiger partial charge is 0.276 e. The second kappa shape index (κ2) is 8.40. The molecule has 0 fully saturated rings. The summed E-state index contributed by atoms with van der Waals surface area (Å²) in [4.78, 5) is 27.9. The van der Waals surface area contributed by atoms with E-state index in [-0.39, 0.29) is 23.6 Å². The quantitative estimate of drug-likeness (QED) is 0.840. The van der Waals surface area contributed by atoms with E-state index < -0.39 is 11.6 Å². The highest BCUT2D eigenvalue weighted by atomic mass is 32.1. The van der Waals surface area contributed by atoms with Crippen LogP contribution in [0.25, 0.3) is 0 Å². The van der Waals surface area contributed by atoms with Crippen LogP contribution < -0.4 is 5.32 Å². The van der Waals surface area contributed by atoms with Crippen molar-refractivity contribution in [1.29, 1.82) is 0 Å². The van der Waals surface area contributed by atoms with Gasteiger partial charge >= 0.3 is 0 Å². The predicted molar refractivity (Wildman–Crippen MR) is 103 cm³/mol. The van der Waals surface area contributed by atoms with E-state index in [0.717, 1.165) is 23.5 Å². The van der Waals surface area contributed by atoms with Crippen LogP contribution in [-0.4, -0.2) is 37.9 Å². The molecule has 6 nitrogen and oxygen atoms in total. The first kappa shape index (κ1) is 20.0. The standard InChI is InChI=1S/C19H26N4O2S/c1-6-13(2)23(18(25)15-12-26-22-21-15)16(14-10-8-7-9-11-14)17(24)20-19(3,4)5/h7-13,16H,6H2,1-5H3,(H,20,24)/t13-,16-/m1/s1. The highest BCUT2D eigenvalue weighted by Gasteiger charge is 2.36. The summed E-state index contributed by atoms with van der Waals surface area (Å²) in [6.07, 6.45) is 0.718. The van der Waals surface area contributed by atoms with E-state index in [1.165, 1.54) is 0 Å². The average molecular weight is 375 g/mol. The van der Waals surface area contributed by atoms with Gasteiger partial charge in [-0.15, -0.1) is 5.10 Å². The van der Waals surface area contributed by atoms with Crippen LogP contribution in [0.15, 0.2) is 35.7 Å². The number of nitrogens with one attached hydrogen (secondary N) is 1. The van der Waals surface area contributed by atoms with Crippen molar-refractivity contribution in [2.75, 3.05) is 0 Å². The summed E-state index contributed by atoms with van der Waals surface area (Å²) >= 11 is 1.12. The zero-order valence-electron chi connectivity index (χ0n) is 15.9. The Morgan fingerprint density at radius 1 is 1.23 bits per heavy atom. The van der Waals surface area contributed by atoms with Gasteiger partial charge in [0, 0.05) is 17.0 Å². The Hall–Kier alpha value is -2.28. The predicted octanol–water partition coefficient (Wildman–Crippen LogP) is 3.43. The third kappa shape index (κ3) is 4.88. The molecule has 0 aliphatic heterocycles. The van der Waals surface area contributed by atoms with E-state index in [1.807, 2.05) is 65.0 Å². The van der Waals surface area contributed by atoms with Gasteiger partial charge in [0.25, 0.3) is 5.91 Å². The minimum atomic E-state index is -0.737. The summed E-state index contributed by atoms with van der Waals surface area (Å²) in [5.74, 6) is -0.494. The molecule has 0 aliphatic carbocycles. The number of carbonyl (C=O) groups is 2. The second-order valence-corrected chi connectivity index (χ2v) is 7.92. The summed E-state index contributed by atoms with van der Waals surface area (Å²) in [7, 11) is 0. The summed E-state index contributed by atoms with van der Waals surface area (Å²) in [6, 6.07) is 8.50. The molecule has 0 saturated carbocycles. The number of carbonyl (C=O) groups excluding carboxylic acids is 2. The van der Waals surface area contributed by atoms with Gasteiger partial charge in [0.1, 0.15) is 6.04 Å². The van der Waals surface area contributed by atoms with Gasteiger partial charge < -0.3 is 10.2 Å². The lowest BCUT2D eigenvalue weighted by atomic mass is 9.99. The van der Waals surface area contributed by atoms with Gasteiger partial charge in [-0.2, -0.15) is 0 Å². The maximum absolute atomic E-state index is 13.2. The Morgan fingerprint density at radius 3 is 2.38 bits per heavy atom. The van der Waals surface area contributed by atoms with Gasteiger partial charge in [-0.1, -0.05) is 41.7 Å². The van der Waals surface area contributed by atoms with Crippen molar-refractivity contribution in [3.8, 4) is 0 Å². The van der Waals surface area contributed by atoms with Crippen molar-refractivity contribution >= 4 is 23.3 Å². The molecule has 1 aromatic carbocycles. The molecular weight excluding hydrogens is 348 g/mol. The molecule has 2 rings (SSSR count). The highest BCUT2D eigenvalue weighted by molar-refractivity contribution is 7.03. The van der Waals surface area contributed by atoms with Gasteiger partial charge in [0.05, 0.1) is 0 Å². The van der Waals surface area contributed by atoms with Crippen molar-refractivity contribution in [2.45, 2.75) is 58.7 Å². The lowest BCUT2D eigenvalue weighted by molar-refractivity contribution is -0.128. The fourth-order valence-electron chi connectivity index (χ4n) is 2.67. The zero-order chi connectivity index (χ0) is 19.3. The molecular formula is C19H26N4O2S. The van der Waals surface area contributed by atoms with Crippen LogP contribution in [0.4, 0.5) is 0 Å². The van der Waals surface area contributed by atoms with Crippen LogP contribution in [0.3, 0.4) is 0 Å². The van der Waals surface area contributed by atoms with E-state index >= 15 is 0 Å². The summed E-state index contributed by atoms with van der Waals surface area (Å²) in [6.45, 7) is 9.71. The molecule has 0 bridgehead atoms. The molecule has 7 heteroatoms. The Bertz CT molecular complexity index is 726. The fourth-order valence-corrected chi connectivity index (χ4v) is 3.10. The molecule has 140 valence electrons. The van der Waals surface area contributed by atoms with Crippen LogP contribution in [0.5, 0.6) is 0 Å². The van der Waals surface area contributed by atoms with Gasteiger partial charge in [0.15, 0.2) is 5.69 Å². The first-order valence-electron chi connectivity index (χ1n) is 8.71. The number of benzene rings is 1. The molecule has 1 N–H and O–H groups in total. The number of hydrogen-bond donors (Lipinski definition) is 1. The van der Waals surface area contributed by atoms with Crippen LogP contribution >= 0.6 is 11.5 Å². The molecule has 1 heterocycles. The molecule has 1 aromatic heterocycles. The van der Waals surface area contributed by atoms with Crippen molar-refractivity contribution in [3.63, 3.8) is 0 Å². The zero-order valence-corrected chi connectivity index (χ0v) is 16.7. The van der Waals surface area contributed by atoms with Crippen LogP contribution in [0.2, 0.25) is 0 Å². The van der Waals surface area contributed by atoms with Gasteiger partial charge in [-0.3, -0.25) is 9.59 Å². The topological polar surface area (TPSA) is 75.2 Å². The number of hydrogen-bond acceptors (Lipinski definition) is 5. The van der Waals surface area contributed by atoms with Gasteiger partial charge in [0.2, 0.25) is 5.91 Å². The molecule has 2 aromatic rings. The van der Waals surface area contributed by atoms with E-state index in [9.17, 15) is 9.59 Å². The largest absolute Gasteiger partial charge is 0.349 e. The van der Waals surface area contributed by atoms with Crippen molar-refractivity contribution in [2.24, 2.45) is 0 Å². The van der Waals surface area contributed by atoms with E-state index in [1.54, 1.807) is 10.3 Å². The number of nitrogens with zero attached hydrogens (tertiary/aromatic N) is 3. The minimum Gasteiger partial charge on any atom is -0.349 e. The Balaban J connectivity index is 2.51. The third-order valence-electron chi connectivity index (χ3n) is 4.02. The maximum Gasteiger partial charge on any atom is 0.276 e. The molecule has 2 atom stereocenters. The van der Waals surface area contributed by atoms with E-state index in [4.69, 9.17) is 0 Å². The average Bonchev–Trinajstić information content (AvgIpc) is 3.12. The number of rotatable bonds is 6. The lowest BCUT2D eigenvalue weighted by Gasteiger charge is -2.36. The summed E-state index contributed by atoms with van der Waals surface area (Å²) in [5.41, 5.74) is 0.627. The molecule has 0 radical (unpaired) electrons. The molecule has 0 saturated heterocycles. The Labute approximate surface area is 158 Å². The van der Waals surface area contributed by atoms with Gasteiger partial charge in [-0.05, 0) is 51.2 Å². The van der Waals surface area contributed by atoms with Crippen LogP contribution in [0.1, 0.15) is 63.1 Å². The third-order valence-corrected chi connectivity index (χ3v) is 4.52. The summed E-state index contributed by atoms with van der Waals surface area (Å²) in [5, 5.41) is 8.53. The minimum absolute atomic E-state index is 0.139. The van der Waals surface area contributed by atoms with E-state index in [0.29, 0.717) is 0 Å². The molecule has 0 spiro atoms. The maximum atomic E-state index is 13.2. The lowest BCUT2D eigenvalue weighted by Crippen LogP contribution is -2.51. The first-order valence-corrected chi connectivity index (χ1v) is 9.55. The molecule has 0 aliphatic rings. The monoisotopic (exact) mass is 374 g/mol. The fraction of sp³-hybridized carbons (Fsp3) is 0.474. The number of aromatic nitrogens is 2. The van der Waals surface area contributed by atoms with Crippen LogP contribution in [-0.2, 0) is 4.79 Å².